The van der Waals surface area contributed by atoms with Gasteiger partial charge in [0.05, 0.1) is 5.56 Å². The molecule has 5 rings (SSSR count). The van der Waals surface area contributed by atoms with Gasteiger partial charge in [0.2, 0.25) is 0 Å². The van der Waals surface area contributed by atoms with Gasteiger partial charge in [-0.25, -0.2) is 4.79 Å². The van der Waals surface area contributed by atoms with Gasteiger partial charge in [0, 0.05) is 18.7 Å². The van der Waals surface area contributed by atoms with Crippen molar-refractivity contribution in [2.45, 2.75) is 39.9 Å². The monoisotopic (exact) mass is 581 g/mol. The maximum Gasteiger partial charge on any atom is 0.358 e. The summed E-state index contributed by atoms with van der Waals surface area (Å²) in [5.41, 5.74) is 3.06. The Morgan fingerprint density at radius 3 is 2.05 bits per heavy atom. The van der Waals surface area contributed by atoms with E-state index < -0.39 is 11.9 Å². The molecule has 0 atom stereocenters. The summed E-state index contributed by atoms with van der Waals surface area (Å²) in [5, 5.41) is 19.9. The Labute approximate surface area is 248 Å². The molecule has 10 heteroatoms. The molecule has 0 spiro atoms. The number of benzene rings is 3. The molecule has 0 unspecified atom stereocenters. The third-order valence-corrected chi connectivity index (χ3v) is 6.67. The van der Waals surface area contributed by atoms with Crippen LogP contribution >= 0.6 is 0 Å². The van der Waals surface area contributed by atoms with Crippen LogP contribution in [0.1, 0.15) is 64.4 Å². The zero-order chi connectivity index (χ0) is 30.3. The fraction of sp³-hybridized carbons (Fsp3) is 0.212. The second-order valence-corrected chi connectivity index (χ2v) is 10.1. The third kappa shape index (κ3) is 6.59. The summed E-state index contributed by atoms with van der Waals surface area (Å²) in [7, 11) is 0. The van der Waals surface area contributed by atoms with Crippen LogP contribution < -0.4 is 14.8 Å². The van der Waals surface area contributed by atoms with E-state index in [-0.39, 0.29) is 41.0 Å². The summed E-state index contributed by atoms with van der Waals surface area (Å²) in [5.74, 6) is -0.544. The predicted molar refractivity (Wildman–Crippen MR) is 158 cm³/mol. The van der Waals surface area contributed by atoms with Crippen LogP contribution in [0.4, 0.5) is 0 Å². The molecule has 0 radical (unpaired) electrons. The van der Waals surface area contributed by atoms with Gasteiger partial charge in [-0.1, -0.05) is 84.8 Å². The van der Waals surface area contributed by atoms with Crippen molar-refractivity contribution in [3.63, 3.8) is 0 Å². The van der Waals surface area contributed by atoms with Gasteiger partial charge >= 0.3 is 5.97 Å². The molecule has 2 heterocycles. The van der Waals surface area contributed by atoms with E-state index in [1.54, 1.807) is 13.0 Å². The Morgan fingerprint density at radius 2 is 1.49 bits per heavy atom. The number of amides is 1. The standard InChI is InChI=1S/C33H31N3O7/c1-4-34-32(37)30-29(28-16-25(33(38)39)35-42-28)31(43-36-30)24-15-23(20(2)3)26(40-18-21-11-7-5-8-12-21)17-27(24)41-19-22-13-9-6-10-14-22/h5-17,20H,4,18-19H2,1-3H3,(H,34,37)(H,38,39). The van der Waals surface area contributed by atoms with Gasteiger partial charge in [0.25, 0.3) is 5.91 Å². The highest BCUT2D eigenvalue weighted by Crippen LogP contribution is 2.44. The molecule has 1 amide bonds. The number of rotatable bonds is 12. The topological polar surface area (TPSA) is 137 Å². The van der Waals surface area contributed by atoms with E-state index in [9.17, 15) is 14.7 Å². The molecule has 2 N–H and O–H groups in total. The van der Waals surface area contributed by atoms with Gasteiger partial charge in [0.1, 0.15) is 30.3 Å². The van der Waals surface area contributed by atoms with E-state index in [0.29, 0.717) is 30.2 Å². The van der Waals surface area contributed by atoms with E-state index in [1.165, 1.54) is 6.07 Å². The van der Waals surface area contributed by atoms with Crippen LogP contribution in [0, 0.1) is 0 Å². The van der Waals surface area contributed by atoms with Gasteiger partial charge in [0.15, 0.2) is 22.9 Å². The number of aromatic carboxylic acids is 1. The van der Waals surface area contributed by atoms with E-state index in [0.717, 1.165) is 16.7 Å². The molecule has 2 aromatic heterocycles. The lowest BCUT2D eigenvalue weighted by atomic mass is 9.95. The second-order valence-electron chi connectivity index (χ2n) is 10.1. The first-order valence-electron chi connectivity index (χ1n) is 13.9. The molecule has 3 aromatic carbocycles. The van der Waals surface area contributed by atoms with Crippen molar-refractivity contribution in [1.82, 2.24) is 15.6 Å². The number of nitrogens with zero attached hydrogens (tertiary/aromatic N) is 2. The molecule has 0 saturated heterocycles. The maximum absolute atomic E-state index is 13.0. The lowest BCUT2D eigenvalue weighted by Crippen LogP contribution is -2.23. The highest BCUT2D eigenvalue weighted by molar-refractivity contribution is 6.02. The Kier molecular flexibility index (Phi) is 8.85. The summed E-state index contributed by atoms with van der Waals surface area (Å²) in [6, 6.07) is 24.4. The molecule has 0 aliphatic heterocycles. The van der Waals surface area contributed by atoms with Crippen molar-refractivity contribution in [3.05, 3.63) is 107 Å². The van der Waals surface area contributed by atoms with Crippen LogP contribution in [-0.2, 0) is 13.2 Å². The maximum atomic E-state index is 13.0. The highest BCUT2D eigenvalue weighted by Gasteiger charge is 2.31. The van der Waals surface area contributed by atoms with Crippen molar-refractivity contribution in [3.8, 4) is 34.1 Å². The minimum Gasteiger partial charge on any atom is -0.488 e. The van der Waals surface area contributed by atoms with Crippen LogP contribution in [0.5, 0.6) is 11.5 Å². The zero-order valence-electron chi connectivity index (χ0n) is 24.0. The van der Waals surface area contributed by atoms with E-state index in [1.807, 2.05) is 80.6 Å². The third-order valence-electron chi connectivity index (χ3n) is 6.67. The smallest absolute Gasteiger partial charge is 0.358 e. The first kappa shape index (κ1) is 29.1. The Hall–Kier alpha value is -5.38. The number of carboxylic acids is 1. The Bertz CT molecular complexity index is 1710. The summed E-state index contributed by atoms with van der Waals surface area (Å²) < 4.78 is 23.8. The van der Waals surface area contributed by atoms with Crippen LogP contribution in [-0.4, -0.2) is 33.8 Å². The first-order chi connectivity index (χ1) is 20.9. The lowest BCUT2D eigenvalue weighted by molar-refractivity contribution is 0.0685. The molecule has 0 aliphatic carbocycles. The van der Waals surface area contributed by atoms with Gasteiger partial charge < -0.3 is 28.9 Å². The molecular weight excluding hydrogens is 550 g/mol. The van der Waals surface area contributed by atoms with E-state index >= 15 is 0 Å². The first-order valence-corrected chi connectivity index (χ1v) is 13.9. The molecular formula is C33H31N3O7. The Morgan fingerprint density at radius 1 is 0.860 bits per heavy atom. The van der Waals surface area contributed by atoms with Crippen LogP contribution in [0.3, 0.4) is 0 Å². The van der Waals surface area contributed by atoms with Crippen LogP contribution in [0.15, 0.2) is 87.9 Å². The molecule has 10 nitrogen and oxygen atoms in total. The van der Waals surface area contributed by atoms with Gasteiger partial charge in [-0.05, 0) is 35.6 Å². The Balaban J connectivity index is 1.66. The summed E-state index contributed by atoms with van der Waals surface area (Å²) in [6.07, 6.45) is 0. The van der Waals surface area contributed by atoms with Crippen LogP contribution in [0.25, 0.3) is 22.6 Å². The fourth-order valence-corrected chi connectivity index (χ4v) is 4.52. The molecule has 43 heavy (non-hydrogen) atoms. The SMILES string of the molecule is CCNC(=O)c1noc(-c2cc(C(C)C)c(OCc3ccccc3)cc2OCc2ccccc2)c1-c1cc(C(=O)O)no1. The average Bonchev–Trinajstić information content (AvgIpc) is 3.68. The number of carboxylic acid groups (broad SMARTS) is 1. The number of nitrogens with one attached hydrogen (secondary N) is 1. The fourth-order valence-electron chi connectivity index (χ4n) is 4.52. The highest BCUT2D eigenvalue weighted by atomic mass is 16.5. The average molecular weight is 582 g/mol. The molecule has 0 fully saturated rings. The number of hydrogen-bond acceptors (Lipinski definition) is 8. The number of carbonyl (C=O) groups is 2. The van der Waals surface area contributed by atoms with Gasteiger partial charge in [-0.3, -0.25) is 4.79 Å². The minimum absolute atomic E-state index is 0.0133. The number of hydrogen-bond donors (Lipinski definition) is 2. The summed E-state index contributed by atoms with van der Waals surface area (Å²) in [4.78, 5) is 24.6. The zero-order valence-corrected chi connectivity index (χ0v) is 24.0. The molecule has 0 saturated carbocycles. The molecule has 220 valence electrons. The summed E-state index contributed by atoms with van der Waals surface area (Å²) >= 11 is 0. The van der Waals surface area contributed by atoms with E-state index in [4.69, 9.17) is 18.5 Å². The van der Waals surface area contributed by atoms with Crippen molar-refractivity contribution in [2.24, 2.45) is 0 Å². The molecule has 0 bridgehead atoms. The number of ether oxygens (including phenoxy) is 2. The van der Waals surface area contributed by atoms with Crippen molar-refractivity contribution in [1.29, 1.82) is 0 Å². The molecule has 5 aromatic rings. The molecule has 0 aliphatic rings. The summed E-state index contributed by atoms with van der Waals surface area (Å²) in [6.45, 7) is 6.78. The number of carbonyl (C=O) groups excluding carboxylic acids is 1. The normalized spacial score (nSPS) is 11.0. The van der Waals surface area contributed by atoms with Gasteiger partial charge in [-0.15, -0.1) is 0 Å². The lowest BCUT2D eigenvalue weighted by Gasteiger charge is -2.19. The van der Waals surface area contributed by atoms with Crippen LogP contribution in [0.2, 0.25) is 0 Å². The van der Waals surface area contributed by atoms with Crippen molar-refractivity contribution in [2.75, 3.05) is 6.54 Å². The van der Waals surface area contributed by atoms with Crippen molar-refractivity contribution >= 4 is 11.9 Å². The number of aromatic nitrogens is 2. The van der Waals surface area contributed by atoms with E-state index in [2.05, 4.69) is 15.6 Å². The predicted octanol–water partition coefficient (Wildman–Crippen LogP) is 6.73. The quantitative estimate of drug-likeness (QED) is 0.164. The minimum atomic E-state index is -1.28. The second kappa shape index (κ2) is 13.1. The van der Waals surface area contributed by atoms with Gasteiger partial charge in [-0.2, -0.15) is 0 Å². The largest absolute Gasteiger partial charge is 0.488 e. The van der Waals surface area contributed by atoms with Crippen molar-refractivity contribution < 1.29 is 33.2 Å².